The van der Waals surface area contributed by atoms with E-state index in [0.29, 0.717) is 4.34 Å². The standard InChI is InChI=1S/C17H18N4O7S2/c1-4-28-16(25)19-15-20-21-17(30-15)29-8-12(22)18-11-6-9(13(23)26-2)5-10(7-11)14(24)27-3/h5-7H,4,8H2,1-3H3,(H,18,22)(H,19,20,25). The number of hydrogen-bond donors (Lipinski definition) is 2. The molecule has 13 heteroatoms. The van der Waals surface area contributed by atoms with Gasteiger partial charge in [0.2, 0.25) is 11.0 Å². The second-order valence-electron chi connectivity index (χ2n) is 5.34. The molecule has 0 spiro atoms. The molecule has 1 aromatic heterocycles. The summed E-state index contributed by atoms with van der Waals surface area (Å²) in [5, 5.41) is 12.9. The Morgan fingerprint density at radius 3 is 2.20 bits per heavy atom. The summed E-state index contributed by atoms with van der Waals surface area (Å²) in [6.45, 7) is 1.90. The third kappa shape index (κ3) is 6.70. The largest absolute Gasteiger partial charge is 0.465 e. The van der Waals surface area contributed by atoms with Gasteiger partial charge in [-0.2, -0.15) is 0 Å². The zero-order chi connectivity index (χ0) is 22.1. The quantitative estimate of drug-likeness (QED) is 0.264. The van der Waals surface area contributed by atoms with Gasteiger partial charge in [-0.15, -0.1) is 10.2 Å². The minimum absolute atomic E-state index is 0.0238. The topological polar surface area (TPSA) is 146 Å². The Morgan fingerprint density at radius 1 is 1.00 bits per heavy atom. The van der Waals surface area contributed by atoms with Gasteiger partial charge in [0.25, 0.3) is 0 Å². The number of methoxy groups -OCH3 is 2. The summed E-state index contributed by atoms with van der Waals surface area (Å²) in [6.07, 6.45) is -0.644. The molecule has 0 atom stereocenters. The van der Waals surface area contributed by atoms with Crippen molar-refractivity contribution in [1.29, 1.82) is 0 Å². The van der Waals surface area contributed by atoms with E-state index in [9.17, 15) is 19.2 Å². The lowest BCUT2D eigenvalue weighted by molar-refractivity contribution is -0.113. The Labute approximate surface area is 179 Å². The zero-order valence-corrected chi connectivity index (χ0v) is 17.8. The molecule has 2 N–H and O–H groups in total. The lowest BCUT2D eigenvalue weighted by Gasteiger charge is -2.09. The van der Waals surface area contributed by atoms with E-state index in [1.54, 1.807) is 6.92 Å². The third-order valence-electron chi connectivity index (χ3n) is 3.28. The predicted molar refractivity (Wildman–Crippen MR) is 109 cm³/mol. The van der Waals surface area contributed by atoms with E-state index in [0.717, 1.165) is 23.1 Å². The molecule has 30 heavy (non-hydrogen) atoms. The van der Waals surface area contributed by atoms with Crippen LogP contribution in [0.5, 0.6) is 0 Å². The number of nitrogens with zero attached hydrogens (tertiary/aromatic N) is 2. The highest BCUT2D eigenvalue weighted by molar-refractivity contribution is 8.01. The summed E-state index contributed by atoms with van der Waals surface area (Å²) in [5.74, 6) is -1.76. The van der Waals surface area contributed by atoms with Gasteiger partial charge in [0.05, 0.1) is 37.7 Å². The minimum atomic E-state index is -0.666. The lowest BCUT2D eigenvalue weighted by atomic mass is 10.1. The van der Waals surface area contributed by atoms with Gasteiger partial charge >= 0.3 is 18.0 Å². The molecule has 0 aliphatic rings. The molecule has 0 aliphatic carbocycles. The van der Waals surface area contributed by atoms with Gasteiger partial charge in [-0.25, -0.2) is 14.4 Å². The molecule has 1 aromatic carbocycles. The number of amides is 2. The fourth-order valence-corrected chi connectivity index (χ4v) is 3.61. The second-order valence-corrected chi connectivity index (χ2v) is 7.54. The van der Waals surface area contributed by atoms with Crippen LogP contribution in [0.2, 0.25) is 0 Å². The summed E-state index contributed by atoms with van der Waals surface area (Å²) in [4.78, 5) is 47.2. The van der Waals surface area contributed by atoms with E-state index < -0.39 is 23.9 Å². The molecule has 2 aromatic rings. The molecule has 11 nitrogen and oxygen atoms in total. The van der Waals surface area contributed by atoms with Crippen LogP contribution in [0.15, 0.2) is 22.5 Å². The van der Waals surface area contributed by atoms with Gasteiger partial charge in [-0.05, 0) is 25.1 Å². The Hall–Kier alpha value is -3.19. The van der Waals surface area contributed by atoms with Crippen LogP contribution in [0, 0.1) is 0 Å². The molecular formula is C17H18N4O7S2. The van der Waals surface area contributed by atoms with Gasteiger partial charge in [0.15, 0.2) is 4.34 Å². The molecule has 0 radical (unpaired) electrons. The molecule has 0 bridgehead atoms. The SMILES string of the molecule is CCOC(=O)Nc1nnc(SCC(=O)Nc2cc(C(=O)OC)cc(C(=O)OC)c2)s1. The van der Waals surface area contributed by atoms with Crippen LogP contribution in [0.25, 0.3) is 0 Å². The summed E-state index contributed by atoms with van der Waals surface area (Å²) >= 11 is 2.18. The van der Waals surface area contributed by atoms with Crippen molar-refractivity contribution in [1.82, 2.24) is 10.2 Å². The molecule has 0 fully saturated rings. The van der Waals surface area contributed by atoms with Crippen molar-refractivity contribution < 1.29 is 33.4 Å². The molecule has 0 aliphatic heterocycles. The highest BCUT2D eigenvalue weighted by Gasteiger charge is 2.16. The third-order valence-corrected chi connectivity index (χ3v) is 5.25. The average molecular weight is 454 g/mol. The molecule has 1 heterocycles. The van der Waals surface area contributed by atoms with Crippen LogP contribution in [-0.2, 0) is 19.0 Å². The van der Waals surface area contributed by atoms with Crippen molar-refractivity contribution >= 4 is 57.9 Å². The first-order valence-electron chi connectivity index (χ1n) is 8.38. The van der Waals surface area contributed by atoms with E-state index in [2.05, 4.69) is 30.3 Å². The highest BCUT2D eigenvalue weighted by Crippen LogP contribution is 2.26. The Morgan fingerprint density at radius 2 is 1.63 bits per heavy atom. The van der Waals surface area contributed by atoms with Crippen LogP contribution in [-0.4, -0.2) is 60.7 Å². The Balaban J connectivity index is 2.00. The number of anilines is 2. The van der Waals surface area contributed by atoms with Crippen molar-refractivity contribution in [2.24, 2.45) is 0 Å². The average Bonchev–Trinajstić information content (AvgIpc) is 3.18. The minimum Gasteiger partial charge on any atom is -0.465 e. The number of benzene rings is 1. The van der Waals surface area contributed by atoms with Gasteiger partial charge in [-0.3, -0.25) is 10.1 Å². The Kier molecular flexibility index (Phi) is 8.55. The molecule has 0 unspecified atom stereocenters. The maximum Gasteiger partial charge on any atom is 0.413 e. The van der Waals surface area contributed by atoms with Crippen LogP contribution >= 0.6 is 23.1 Å². The van der Waals surface area contributed by atoms with Crippen molar-refractivity contribution in [2.45, 2.75) is 11.3 Å². The zero-order valence-electron chi connectivity index (χ0n) is 16.2. The smallest absolute Gasteiger partial charge is 0.413 e. The highest BCUT2D eigenvalue weighted by atomic mass is 32.2. The van der Waals surface area contributed by atoms with Crippen molar-refractivity contribution in [3.05, 3.63) is 29.3 Å². The van der Waals surface area contributed by atoms with E-state index in [4.69, 9.17) is 4.74 Å². The second kappa shape index (κ2) is 11.1. The molecule has 2 rings (SSSR count). The van der Waals surface area contributed by atoms with Crippen LogP contribution in [0.1, 0.15) is 27.6 Å². The summed E-state index contributed by atoms with van der Waals surface area (Å²) in [6, 6.07) is 4.07. The van der Waals surface area contributed by atoms with E-state index in [1.807, 2.05) is 0 Å². The van der Waals surface area contributed by atoms with Crippen LogP contribution in [0.3, 0.4) is 0 Å². The summed E-state index contributed by atoms with van der Waals surface area (Å²) in [7, 11) is 2.41. The first-order chi connectivity index (χ1) is 14.4. The van der Waals surface area contributed by atoms with E-state index in [-0.39, 0.29) is 34.3 Å². The number of hydrogen-bond acceptors (Lipinski definition) is 11. The fourth-order valence-electron chi connectivity index (χ4n) is 2.07. The number of carbonyl (C=O) groups excluding carboxylic acids is 4. The molecule has 160 valence electrons. The number of rotatable bonds is 8. The van der Waals surface area contributed by atoms with Crippen LogP contribution in [0.4, 0.5) is 15.6 Å². The van der Waals surface area contributed by atoms with Gasteiger partial charge in [-0.1, -0.05) is 23.1 Å². The van der Waals surface area contributed by atoms with Crippen molar-refractivity contribution in [3.63, 3.8) is 0 Å². The predicted octanol–water partition coefficient (Wildman–Crippen LogP) is 2.41. The molecule has 0 saturated heterocycles. The molecular weight excluding hydrogens is 436 g/mol. The first-order valence-corrected chi connectivity index (χ1v) is 10.2. The maximum absolute atomic E-state index is 12.3. The number of esters is 2. The fraction of sp³-hybridized carbons (Fsp3) is 0.294. The molecule has 0 saturated carbocycles. The summed E-state index contributed by atoms with van der Waals surface area (Å²) < 4.78 is 14.5. The maximum atomic E-state index is 12.3. The molecule has 2 amide bonds. The van der Waals surface area contributed by atoms with Gasteiger partial charge < -0.3 is 19.5 Å². The summed E-state index contributed by atoms with van der Waals surface area (Å²) in [5.41, 5.74) is 0.398. The normalized spacial score (nSPS) is 10.1. The van der Waals surface area contributed by atoms with Crippen LogP contribution < -0.4 is 10.6 Å². The Bertz CT molecular complexity index is 914. The number of carbonyl (C=O) groups is 4. The van der Waals surface area contributed by atoms with Crippen molar-refractivity contribution in [3.8, 4) is 0 Å². The number of aromatic nitrogens is 2. The monoisotopic (exact) mass is 454 g/mol. The number of thioether (sulfide) groups is 1. The van der Waals surface area contributed by atoms with Gasteiger partial charge in [0.1, 0.15) is 0 Å². The number of nitrogens with one attached hydrogen (secondary N) is 2. The number of ether oxygens (including phenoxy) is 3. The first kappa shape index (κ1) is 23.1. The lowest BCUT2D eigenvalue weighted by Crippen LogP contribution is -2.16. The van der Waals surface area contributed by atoms with Gasteiger partial charge in [0, 0.05) is 5.69 Å². The van der Waals surface area contributed by atoms with E-state index in [1.165, 1.54) is 32.4 Å². The van der Waals surface area contributed by atoms with Crippen molar-refractivity contribution in [2.75, 3.05) is 37.2 Å². The van der Waals surface area contributed by atoms with E-state index >= 15 is 0 Å².